The summed E-state index contributed by atoms with van der Waals surface area (Å²) in [5.74, 6) is -3.65. The van der Waals surface area contributed by atoms with E-state index in [9.17, 15) is 19.5 Å². The fraction of sp³-hybridized carbons (Fsp3) is 0.333. The Bertz CT molecular complexity index is 1960. The van der Waals surface area contributed by atoms with Crippen molar-refractivity contribution in [1.29, 1.82) is 0 Å². The number of carbonyl (C=O) groups excluding carboxylic acids is 2. The van der Waals surface area contributed by atoms with E-state index in [4.69, 9.17) is 0 Å². The number of nitrogens with one attached hydrogen (secondary N) is 1. The molecule has 2 aliphatic rings. The summed E-state index contributed by atoms with van der Waals surface area (Å²) < 4.78 is 32.5. The normalized spacial score (nSPS) is 17.7. The van der Waals surface area contributed by atoms with Gasteiger partial charge in [-0.25, -0.2) is 23.7 Å². The van der Waals surface area contributed by atoms with E-state index >= 15 is 8.78 Å². The maximum absolute atomic E-state index is 16.2. The molecular weight excluding hydrogens is 596 g/mol. The summed E-state index contributed by atoms with van der Waals surface area (Å²) in [7, 11) is 0. The third kappa shape index (κ3) is 4.68. The van der Waals surface area contributed by atoms with Crippen LogP contribution in [0, 0.1) is 11.6 Å². The highest BCUT2D eigenvalue weighted by molar-refractivity contribution is 6.11. The van der Waals surface area contributed by atoms with E-state index in [-0.39, 0.29) is 53.2 Å². The van der Waals surface area contributed by atoms with Gasteiger partial charge in [-0.05, 0) is 43.0 Å². The topological polar surface area (TPSA) is 134 Å². The SMILES string of the molecule is C=CC(=O)N1C[C@@H]2C(=O)Nc3c(c4cc(F)c(-c5c(O)cccc5F)nc4n(-c4c(C(C)C)ncnc4C(C)C)c3=O)N2C[C@H]1C. The largest absolute Gasteiger partial charge is 0.507 e. The highest BCUT2D eigenvalue weighted by atomic mass is 19.1. The first-order chi connectivity index (χ1) is 21.8. The van der Waals surface area contributed by atoms with Crippen molar-refractivity contribution in [3.63, 3.8) is 0 Å². The van der Waals surface area contributed by atoms with Gasteiger partial charge in [-0.3, -0.25) is 19.0 Å². The fourth-order valence-electron chi connectivity index (χ4n) is 6.37. The summed E-state index contributed by atoms with van der Waals surface area (Å²) in [5, 5.41) is 13.5. The number of phenols is 1. The molecule has 13 heteroatoms. The number of carbonyl (C=O) groups is 2. The zero-order valence-electron chi connectivity index (χ0n) is 26.0. The molecule has 3 aromatic heterocycles. The van der Waals surface area contributed by atoms with Crippen molar-refractivity contribution in [2.45, 2.75) is 58.5 Å². The van der Waals surface area contributed by atoms with E-state index < -0.39 is 52.2 Å². The maximum atomic E-state index is 16.2. The molecule has 0 unspecified atom stereocenters. The second-order valence-corrected chi connectivity index (χ2v) is 12.2. The zero-order valence-corrected chi connectivity index (χ0v) is 26.0. The molecule has 2 aliphatic heterocycles. The average molecular weight is 630 g/mol. The highest BCUT2D eigenvalue weighted by Gasteiger charge is 2.44. The van der Waals surface area contributed by atoms with Crippen molar-refractivity contribution in [3.8, 4) is 22.7 Å². The Morgan fingerprint density at radius 3 is 2.35 bits per heavy atom. The minimum Gasteiger partial charge on any atom is -0.507 e. The molecule has 2 N–H and O–H groups in total. The highest BCUT2D eigenvalue weighted by Crippen LogP contribution is 2.42. The van der Waals surface area contributed by atoms with Gasteiger partial charge in [-0.15, -0.1) is 0 Å². The standard InChI is InChI=1S/C33H33F2N7O4/c1-7-23(44)40-13-21-32(45)39-28-29(41(21)12-17(40)6)18-11-20(35)27(24-19(34)9-8-10-22(24)43)38-31(18)42(33(28)46)30-25(15(2)3)36-14-37-26(30)16(4)5/h7-11,14-17,21,43H,1,12-13H2,2-6H3,(H,39,45)/t17-,21-/m1/s1. The fourth-order valence-corrected chi connectivity index (χ4v) is 6.37. The van der Waals surface area contributed by atoms with Crippen molar-refractivity contribution in [2.24, 2.45) is 0 Å². The Hall–Kier alpha value is -5.20. The number of aromatic nitrogens is 4. The second-order valence-electron chi connectivity index (χ2n) is 12.2. The Morgan fingerprint density at radius 2 is 1.74 bits per heavy atom. The van der Waals surface area contributed by atoms with E-state index in [0.29, 0.717) is 17.1 Å². The molecule has 0 spiro atoms. The van der Waals surface area contributed by atoms with Crippen LogP contribution in [0.25, 0.3) is 28.0 Å². The molecule has 5 heterocycles. The van der Waals surface area contributed by atoms with E-state index in [1.54, 1.807) is 11.8 Å². The summed E-state index contributed by atoms with van der Waals surface area (Å²) >= 11 is 0. The third-order valence-corrected chi connectivity index (χ3v) is 8.54. The van der Waals surface area contributed by atoms with E-state index in [1.165, 1.54) is 34.0 Å². The van der Waals surface area contributed by atoms with E-state index in [0.717, 1.165) is 12.1 Å². The number of phenolic OH excluding ortho intramolecular Hbond substituents is 1. The Labute approximate surface area is 263 Å². The Balaban J connectivity index is 1.75. The van der Waals surface area contributed by atoms with Crippen LogP contribution in [0.15, 0.2) is 48.0 Å². The number of aromatic hydroxyl groups is 1. The first-order valence-corrected chi connectivity index (χ1v) is 15.0. The van der Waals surface area contributed by atoms with Crippen LogP contribution in [0.3, 0.4) is 0 Å². The monoisotopic (exact) mass is 629 g/mol. The lowest BCUT2D eigenvalue weighted by molar-refractivity contribution is -0.130. The van der Waals surface area contributed by atoms with Gasteiger partial charge < -0.3 is 20.2 Å². The van der Waals surface area contributed by atoms with Crippen LogP contribution < -0.4 is 15.8 Å². The van der Waals surface area contributed by atoms with Gasteiger partial charge in [0.05, 0.1) is 34.9 Å². The minimum absolute atomic E-state index is 0.000481. The molecule has 238 valence electrons. The van der Waals surface area contributed by atoms with Gasteiger partial charge in [-0.2, -0.15) is 0 Å². The number of hydrogen-bond donors (Lipinski definition) is 2. The number of pyridine rings is 2. The molecule has 1 fully saturated rings. The molecule has 0 saturated carbocycles. The quantitative estimate of drug-likeness (QED) is 0.306. The number of halogens is 2. The summed E-state index contributed by atoms with van der Waals surface area (Å²) in [6, 6.07) is 3.41. The number of piperazine rings is 1. The first-order valence-electron chi connectivity index (χ1n) is 15.0. The van der Waals surface area contributed by atoms with Crippen LogP contribution in [0.1, 0.15) is 57.8 Å². The summed E-state index contributed by atoms with van der Waals surface area (Å²) in [6.07, 6.45) is 2.59. The average Bonchev–Trinajstić information content (AvgIpc) is 3.01. The smallest absolute Gasteiger partial charge is 0.282 e. The van der Waals surface area contributed by atoms with Crippen molar-refractivity contribution in [2.75, 3.05) is 23.3 Å². The van der Waals surface area contributed by atoms with Gasteiger partial charge in [0, 0.05) is 18.0 Å². The number of fused-ring (bicyclic) bond motifs is 5. The number of benzene rings is 1. The van der Waals surface area contributed by atoms with Crippen molar-refractivity contribution in [1.82, 2.24) is 24.4 Å². The Morgan fingerprint density at radius 1 is 1.07 bits per heavy atom. The van der Waals surface area contributed by atoms with Gasteiger partial charge in [0.15, 0.2) is 11.5 Å². The predicted molar refractivity (Wildman–Crippen MR) is 169 cm³/mol. The van der Waals surface area contributed by atoms with Gasteiger partial charge in [0.1, 0.15) is 35.3 Å². The molecule has 1 saturated heterocycles. The summed E-state index contributed by atoms with van der Waals surface area (Å²) in [6.45, 7) is 13.1. The molecular formula is C33H33F2N7O4. The van der Waals surface area contributed by atoms with Gasteiger partial charge in [-0.1, -0.05) is 40.3 Å². The van der Waals surface area contributed by atoms with Crippen LogP contribution >= 0.6 is 0 Å². The van der Waals surface area contributed by atoms with E-state index in [1.807, 2.05) is 27.7 Å². The lowest BCUT2D eigenvalue weighted by atomic mass is 9.98. The maximum Gasteiger partial charge on any atom is 0.282 e. The van der Waals surface area contributed by atoms with E-state index in [2.05, 4.69) is 26.8 Å². The lowest BCUT2D eigenvalue weighted by Gasteiger charge is -2.48. The number of amides is 2. The van der Waals surface area contributed by atoms with Crippen LogP contribution in [0.5, 0.6) is 5.75 Å². The summed E-state index contributed by atoms with van der Waals surface area (Å²) in [5.41, 5.74) is -0.226. The molecule has 2 amide bonds. The molecule has 46 heavy (non-hydrogen) atoms. The molecule has 6 rings (SSSR count). The number of hydrogen-bond acceptors (Lipinski definition) is 8. The van der Waals surface area contributed by atoms with Crippen LogP contribution in [-0.4, -0.2) is 66.5 Å². The van der Waals surface area contributed by atoms with Crippen molar-refractivity contribution >= 4 is 34.2 Å². The first kappa shape index (κ1) is 30.8. The van der Waals surface area contributed by atoms with Crippen LogP contribution in [-0.2, 0) is 9.59 Å². The molecule has 0 radical (unpaired) electrons. The van der Waals surface area contributed by atoms with Crippen LogP contribution in [0.2, 0.25) is 0 Å². The lowest BCUT2D eigenvalue weighted by Crippen LogP contribution is -2.64. The van der Waals surface area contributed by atoms with Crippen LogP contribution in [0.4, 0.5) is 20.2 Å². The molecule has 11 nitrogen and oxygen atoms in total. The third-order valence-electron chi connectivity index (χ3n) is 8.54. The van der Waals surface area contributed by atoms with Gasteiger partial charge in [0.25, 0.3) is 5.56 Å². The Kier molecular flexibility index (Phi) is 7.57. The second kappa shape index (κ2) is 11.3. The number of rotatable bonds is 5. The summed E-state index contributed by atoms with van der Waals surface area (Å²) in [4.78, 5) is 57.6. The van der Waals surface area contributed by atoms with Crippen molar-refractivity contribution < 1.29 is 23.5 Å². The predicted octanol–water partition coefficient (Wildman–Crippen LogP) is 4.62. The zero-order chi connectivity index (χ0) is 33.2. The number of nitrogens with zero attached hydrogens (tertiary/aromatic N) is 6. The molecule has 4 aromatic rings. The molecule has 1 aromatic carbocycles. The van der Waals surface area contributed by atoms with Crippen molar-refractivity contribution in [3.05, 3.63) is 76.6 Å². The van der Waals surface area contributed by atoms with Gasteiger partial charge >= 0.3 is 0 Å². The molecule has 2 atom stereocenters. The molecule has 0 bridgehead atoms. The van der Waals surface area contributed by atoms with Gasteiger partial charge in [0.2, 0.25) is 11.8 Å². The molecule has 0 aliphatic carbocycles. The minimum atomic E-state index is -0.959. The number of anilines is 2.